The first-order valence-corrected chi connectivity index (χ1v) is 12.9. The van der Waals surface area contributed by atoms with E-state index in [1.165, 1.54) is 20.8 Å². The van der Waals surface area contributed by atoms with Crippen LogP contribution in [0.25, 0.3) is 0 Å². The van der Waals surface area contributed by atoms with E-state index in [9.17, 15) is 38.4 Å². The van der Waals surface area contributed by atoms with E-state index in [4.69, 9.17) is 21.7 Å². The standard InChI is InChI=1S/C24H41N7O10/c1-10(2)8-15(23(39)29-13(5)21(37)31-16(24(40)41)9-18(33)34)30-20(36)12(4)27-19(35)11(3)28-22(38)14(25)6-7-17(26)32/h10-16H,6-9,25H2,1-5H3,(H2,26,32)(H,27,35)(H,28,38)(H,29,39)(H,30,36)(H,31,37)(H,33,34)(H,40,41)/t11-,12-,13-,14-,15-,16-/m0/s1. The summed E-state index contributed by atoms with van der Waals surface area (Å²) in [4.78, 5) is 95.4. The molecular weight excluding hydrogens is 546 g/mol. The minimum Gasteiger partial charge on any atom is -0.481 e. The molecule has 232 valence electrons. The summed E-state index contributed by atoms with van der Waals surface area (Å²) in [6, 6.07) is -7.46. The molecule has 17 nitrogen and oxygen atoms in total. The molecule has 0 aliphatic carbocycles. The molecule has 0 unspecified atom stereocenters. The number of hydrogen-bond acceptors (Lipinski definition) is 9. The van der Waals surface area contributed by atoms with Gasteiger partial charge in [0.2, 0.25) is 35.4 Å². The fourth-order valence-electron chi connectivity index (χ4n) is 3.27. The number of carbonyl (C=O) groups is 8. The van der Waals surface area contributed by atoms with E-state index < -0.39 is 90.1 Å². The van der Waals surface area contributed by atoms with Gasteiger partial charge in [-0.05, 0) is 39.5 Å². The quantitative estimate of drug-likeness (QED) is 0.0764. The number of carbonyl (C=O) groups excluding carboxylic acids is 6. The lowest BCUT2D eigenvalue weighted by Gasteiger charge is -2.25. The van der Waals surface area contributed by atoms with Gasteiger partial charge in [0.15, 0.2) is 0 Å². The summed E-state index contributed by atoms with van der Waals surface area (Å²) < 4.78 is 0. The summed E-state index contributed by atoms with van der Waals surface area (Å²) in [6.07, 6.45) is -0.869. The normalized spacial score (nSPS) is 15.2. The molecule has 41 heavy (non-hydrogen) atoms. The van der Waals surface area contributed by atoms with Crippen molar-refractivity contribution in [1.82, 2.24) is 26.6 Å². The molecule has 6 amide bonds. The zero-order chi connectivity index (χ0) is 32.0. The number of primary amides is 1. The Hall–Kier alpha value is -4.28. The maximum atomic E-state index is 12.9. The van der Waals surface area contributed by atoms with Crippen LogP contribution >= 0.6 is 0 Å². The summed E-state index contributed by atoms with van der Waals surface area (Å²) in [6.45, 7) is 7.49. The molecular formula is C24H41N7O10. The third-order valence-corrected chi connectivity index (χ3v) is 5.63. The van der Waals surface area contributed by atoms with Gasteiger partial charge in [-0.2, -0.15) is 0 Å². The molecule has 0 bridgehead atoms. The Morgan fingerprint density at radius 1 is 0.634 bits per heavy atom. The lowest BCUT2D eigenvalue weighted by atomic mass is 10.0. The number of hydrogen-bond donors (Lipinski definition) is 9. The molecule has 0 saturated heterocycles. The topological polar surface area (TPSA) is 289 Å². The first-order chi connectivity index (χ1) is 18.8. The Morgan fingerprint density at radius 2 is 1.05 bits per heavy atom. The molecule has 11 N–H and O–H groups in total. The zero-order valence-electron chi connectivity index (χ0n) is 23.7. The highest BCUT2D eigenvalue weighted by Crippen LogP contribution is 2.06. The molecule has 0 aromatic carbocycles. The van der Waals surface area contributed by atoms with Gasteiger partial charge in [0.1, 0.15) is 30.2 Å². The largest absolute Gasteiger partial charge is 0.481 e. The van der Waals surface area contributed by atoms with Crippen LogP contribution in [-0.4, -0.2) is 93.8 Å². The highest BCUT2D eigenvalue weighted by Gasteiger charge is 2.30. The predicted octanol–water partition coefficient (Wildman–Crippen LogP) is -3.33. The van der Waals surface area contributed by atoms with E-state index in [1.54, 1.807) is 13.8 Å². The molecule has 0 aromatic rings. The van der Waals surface area contributed by atoms with Gasteiger partial charge in [-0.1, -0.05) is 13.8 Å². The molecule has 0 aliphatic heterocycles. The van der Waals surface area contributed by atoms with Crippen LogP contribution in [0, 0.1) is 5.92 Å². The number of carboxylic acid groups (broad SMARTS) is 2. The Labute approximate surface area is 236 Å². The van der Waals surface area contributed by atoms with Crippen LogP contribution < -0.4 is 38.1 Å². The summed E-state index contributed by atoms with van der Waals surface area (Å²) in [5.41, 5.74) is 10.7. The van der Waals surface area contributed by atoms with Gasteiger partial charge in [-0.25, -0.2) is 4.79 Å². The molecule has 0 radical (unpaired) electrons. The minimum absolute atomic E-state index is 0.0175. The van der Waals surface area contributed by atoms with Gasteiger partial charge >= 0.3 is 11.9 Å². The van der Waals surface area contributed by atoms with Crippen molar-refractivity contribution in [3.8, 4) is 0 Å². The Kier molecular flexibility index (Phi) is 15.6. The highest BCUT2D eigenvalue weighted by molar-refractivity contribution is 5.96. The SMILES string of the molecule is CC(C)C[C@H](NC(=O)[C@H](C)NC(=O)[C@H](C)NC(=O)[C@@H](N)CCC(N)=O)C(=O)N[C@@H](C)C(=O)N[C@@H](CC(=O)O)C(=O)O. The molecule has 0 spiro atoms. The average molecular weight is 588 g/mol. The van der Waals surface area contributed by atoms with E-state index in [0.29, 0.717) is 0 Å². The third kappa shape index (κ3) is 14.6. The number of nitrogens with two attached hydrogens (primary N) is 2. The predicted molar refractivity (Wildman–Crippen MR) is 142 cm³/mol. The lowest BCUT2D eigenvalue weighted by molar-refractivity contribution is -0.147. The molecule has 0 aliphatic rings. The Bertz CT molecular complexity index is 1000. The fraction of sp³-hybridized carbons (Fsp3) is 0.667. The van der Waals surface area contributed by atoms with Crippen LogP contribution in [-0.2, 0) is 38.4 Å². The van der Waals surface area contributed by atoms with Crippen LogP contribution in [0.1, 0.15) is 60.3 Å². The van der Waals surface area contributed by atoms with Crippen molar-refractivity contribution in [2.75, 3.05) is 0 Å². The number of nitrogens with one attached hydrogen (secondary N) is 5. The summed E-state index contributed by atoms with van der Waals surface area (Å²) in [5, 5.41) is 29.5. The van der Waals surface area contributed by atoms with Crippen LogP contribution in [0.4, 0.5) is 0 Å². The Balaban J connectivity index is 5.17. The smallest absolute Gasteiger partial charge is 0.326 e. The number of amides is 6. The molecule has 0 rings (SSSR count). The van der Waals surface area contributed by atoms with E-state index in [-0.39, 0.29) is 25.2 Å². The van der Waals surface area contributed by atoms with Crippen molar-refractivity contribution in [3.05, 3.63) is 0 Å². The number of carboxylic acids is 2. The van der Waals surface area contributed by atoms with E-state index in [0.717, 1.165) is 0 Å². The third-order valence-electron chi connectivity index (χ3n) is 5.63. The Morgan fingerprint density at radius 3 is 1.46 bits per heavy atom. The van der Waals surface area contributed by atoms with Gasteiger partial charge < -0.3 is 48.3 Å². The minimum atomic E-state index is -1.71. The summed E-state index contributed by atoms with van der Waals surface area (Å²) in [5.74, 6) is -7.65. The van der Waals surface area contributed by atoms with Crippen molar-refractivity contribution in [2.24, 2.45) is 17.4 Å². The second-order valence-corrected chi connectivity index (χ2v) is 9.99. The molecule has 0 saturated carbocycles. The van der Waals surface area contributed by atoms with Crippen molar-refractivity contribution < 1.29 is 48.6 Å². The van der Waals surface area contributed by atoms with E-state index >= 15 is 0 Å². The van der Waals surface area contributed by atoms with Crippen LogP contribution in [0.5, 0.6) is 0 Å². The van der Waals surface area contributed by atoms with Crippen molar-refractivity contribution in [3.63, 3.8) is 0 Å². The van der Waals surface area contributed by atoms with Crippen molar-refractivity contribution in [2.45, 2.75) is 96.6 Å². The van der Waals surface area contributed by atoms with Crippen molar-refractivity contribution in [1.29, 1.82) is 0 Å². The summed E-state index contributed by atoms with van der Waals surface area (Å²) >= 11 is 0. The van der Waals surface area contributed by atoms with E-state index in [2.05, 4.69) is 21.3 Å². The molecule has 0 fully saturated rings. The van der Waals surface area contributed by atoms with Gasteiger partial charge in [0, 0.05) is 6.42 Å². The monoisotopic (exact) mass is 587 g/mol. The molecule has 0 heterocycles. The van der Waals surface area contributed by atoms with Gasteiger partial charge in [-0.3, -0.25) is 33.6 Å². The second kappa shape index (κ2) is 17.4. The first kappa shape index (κ1) is 36.7. The highest BCUT2D eigenvalue weighted by atomic mass is 16.4. The molecule has 0 aromatic heterocycles. The fourth-order valence-corrected chi connectivity index (χ4v) is 3.27. The number of rotatable bonds is 18. The molecule has 17 heteroatoms. The van der Waals surface area contributed by atoms with Crippen molar-refractivity contribution >= 4 is 47.4 Å². The van der Waals surface area contributed by atoms with Crippen LogP contribution in [0.15, 0.2) is 0 Å². The number of aliphatic carboxylic acids is 2. The zero-order valence-corrected chi connectivity index (χ0v) is 23.7. The summed E-state index contributed by atoms with van der Waals surface area (Å²) in [7, 11) is 0. The second-order valence-electron chi connectivity index (χ2n) is 9.99. The lowest BCUT2D eigenvalue weighted by Crippen LogP contribution is -2.58. The maximum Gasteiger partial charge on any atom is 0.326 e. The van der Waals surface area contributed by atoms with Gasteiger partial charge in [-0.15, -0.1) is 0 Å². The van der Waals surface area contributed by atoms with Crippen LogP contribution in [0.2, 0.25) is 0 Å². The van der Waals surface area contributed by atoms with E-state index in [1.807, 2.05) is 5.32 Å². The molecule has 6 atom stereocenters. The first-order valence-electron chi connectivity index (χ1n) is 12.9. The van der Waals surface area contributed by atoms with Gasteiger partial charge in [0.25, 0.3) is 0 Å². The van der Waals surface area contributed by atoms with Gasteiger partial charge in [0.05, 0.1) is 12.5 Å². The van der Waals surface area contributed by atoms with Crippen LogP contribution in [0.3, 0.4) is 0 Å². The maximum absolute atomic E-state index is 12.9. The average Bonchev–Trinajstić information content (AvgIpc) is 2.85.